The number of pyridine rings is 1. The van der Waals surface area contributed by atoms with Gasteiger partial charge in [-0.2, -0.15) is 4.98 Å². The summed E-state index contributed by atoms with van der Waals surface area (Å²) in [5, 5.41) is 0. The topological polar surface area (TPSA) is 82.5 Å². The number of aromatic nitrogens is 5. The summed E-state index contributed by atoms with van der Waals surface area (Å²) in [5.74, 6) is 1.17. The Morgan fingerprint density at radius 3 is 2.36 bits per heavy atom. The van der Waals surface area contributed by atoms with E-state index in [9.17, 15) is 0 Å². The van der Waals surface area contributed by atoms with E-state index in [0.717, 1.165) is 46.7 Å². The Hall–Kier alpha value is -3.28. The lowest BCUT2D eigenvalue weighted by molar-refractivity contribution is 0.766. The second-order valence-corrected chi connectivity index (χ2v) is 6.24. The third-order valence-corrected chi connectivity index (χ3v) is 4.45. The van der Waals surface area contributed by atoms with Gasteiger partial charge in [0.1, 0.15) is 17.0 Å². The highest BCUT2D eigenvalue weighted by Gasteiger charge is 2.30. The summed E-state index contributed by atoms with van der Waals surface area (Å²) >= 11 is 0. The molecular weight excluding hydrogens is 312 g/mol. The number of fused-ring (bicyclic) bond motifs is 1. The molecule has 3 heterocycles. The molecule has 4 aromatic rings. The van der Waals surface area contributed by atoms with Gasteiger partial charge in [0.15, 0.2) is 5.65 Å². The van der Waals surface area contributed by atoms with Gasteiger partial charge in [0.25, 0.3) is 0 Å². The highest BCUT2D eigenvalue weighted by atomic mass is 15.2. The van der Waals surface area contributed by atoms with Gasteiger partial charge in [0.2, 0.25) is 5.95 Å². The predicted octanol–water partition coefficient (Wildman–Crippen LogP) is 3.47. The van der Waals surface area contributed by atoms with Crippen molar-refractivity contribution in [1.29, 1.82) is 0 Å². The Kier molecular flexibility index (Phi) is 3.03. The van der Waals surface area contributed by atoms with E-state index in [2.05, 4.69) is 19.5 Å². The average molecular weight is 328 g/mol. The van der Waals surface area contributed by atoms with Crippen LogP contribution in [0.5, 0.6) is 0 Å². The highest BCUT2D eigenvalue weighted by molar-refractivity contribution is 5.91. The molecule has 1 fully saturated rings. The maximum absolute atomic E-state index is 6.03. The first-order chi connectivity index (χ1) is 12.3. The largest absolute Gasteiger partial charge is 0.368 e. The molecule has 0 saturated heterocycles. The highest BCUT2D eigenvalue weighted by Crippen LogP contribution is 2.42. The lowest BCUT2D eigenvalue weighted by Gasteiger charge is -2.07. The number of hydrogen-bond donors (Lipinski definition) is 1. The summed E-state index contributed by atoms with van der Waals surface area (Å²) in [6.07, 6.45) is 5.83. The average Bonchev–Trinajstić information content (AvgIpc) is 3.43. The summed E-state index contributed by atoms with van der Waals surface area (Å²) in [6, 6.07) is 14.4. The van der Waals surface area contributed by atoms with E-state index in [1.807, 2.05) is 42.5 Å². The van der Waals surface area contributed by atoms with Gasteiger partial charge in [0.05, 0.1) is 0 Å². The van der Waals surface area contributed by atoms with Crippen LogP contribution in [0.3, 0.4) is 0 Å². The van der Waals surface area contributed by atoms with Crippen LogP contribution in [0, 0.1) is 0 Å². The molecule has 1 aliphatic rings. The molecule has 0 radical (unpaired) electrons. The van der Waals surface area contributed by atoms with Crippen LogP contribution in [0.4, 0.5) is 5.95 Å². The summed E-state index contributed by atoms with van der Waals surface area (Å²) in [7, 11) is 0. The molecular formula is C19H16N6. The third-order valence-electron chi connectivity index (χ3n) is 4.45. The van der Waals surface area contributed by atoms with Crippen LogP contribution >= 0.6 is 0 Å². The summed E-state index contributed by atoms with van der Waals surface area (Å²) in [4.78, 5) is 18.0. The quantitative estimate of drug-likeness (QED) is 0.622. The van der Waals surface area contributed by atoms with Crippen LogP contribution in [-0.2, 0) is 0 Å². The number of anilines is 1. The third kappa shape index (κ3) is 2.34. The second-order valence-electron chi connectivity index (χ2n) is 6.24. The van der Waals surface area contributed by atoms with Gasteiger partial charge < -0.3 is 10.3 Å². The predicted molar refractivity (Wildman–Crippen MR) is 96.7 cm³/mol. The normalized spacial score (nSPS) is 14.1. The van der Waals surface area contributed by atoms with Crippen molar-refractivity contribution in [2.24, 2.45) is 0 Å². The zero-order valence-electron chi connectivity index (χ0n) is 13.5. The monoisotopic (exact) mass is 328 g/mol. The number of rotatable bonds is 3. The molecule has 0 spiro atoms. The molecule has 0 aliphatic heterocycles. The fourth-order valence-electron chi connectivity index (χ4n) is 3.17. The molecule has 1 aliphatic carbocycles. The van der Waals surface area contributed by atoms with Crippen molar-refractivity contribution in [3.05, 3.63) is 54.9 Å². The molecule has 0 atom stereocenters. The Morgan fingerprint density at radius 2 is 1.64 bits per heavy atom. The van der Waals surface area contributed by atoms with Crippen molar-refractivity contribution >= 4 is 17.1 Å². The Balaban J connectivity index is 1.84. The first-order valence-corrected chi connectivity index (χ1v) is 8.32. The molecule has 122 valence electrons. The second kappa shape index (κ2) is 5.37. The summed E-state index contributed by atoms with van der Waals surface area (Å²) < 4.78 is 2.20. The first kappa shape index (κ1) is 14.1. The minimum absolute atomic E-state index is 0.273. The van der Waals surface area contributed by atoms with Crippen molar-refractivity contribution in [1.82, 2.24) is 24.5 Å². The molecule has 5 rings (SSSR count). The molecule has 0 unspecified atom stereocenters. The van der Waals surface area contributed by atoms with Gasteiger partial charge in [-0.3, -0.25) is 4.98 Å². The number of nitrogen functional groups attached to an aromatic ring is 1. The minimum Gasteiger partial charge on any atom is -0.368 e. The van der Waals surface area contributed by atoms with Gasteiger partial charge in [-0.25, -0.2) is 9.97 Å². The maximum Gasteiger partial charge on any atom is 0.222 e. The first-order valence-electron chi connectivity index (χ1n) is 8.32. The van der Waals surface area contributed by atoms with Crippen molar-refractivity contribution in [2.75, 3.05) is 5.73 Å². The van der Waals surface area contributed by atoms with Gasteiger partial charge in [-0.05, 0) is 25.0 Å². The van der Waals surface area contributed by atoms with E-state index in [1.54, 1.807) is 12.4 Å². The van der Waals surface area contributed by atoms with Crippen molar-refractivity contribution in [3.8, 4) is 22.6 Å². The van der Waals surface area contributed by atoms with Crippen molar-refractivity contribution in [3.63, 3.8) is 0 Å². The summed E-state index contributed by atoms with van der Waals surface area (Å²) in [6.45, 7) is 0. The van der Waals surface area contributed by atoms with Gasteiger partial charge in [-0.1, -0.05) is 30.3 Å². The Labute approximate surface area is 144 Å². The van der Waals surface area contributed by atoms with Crippen LogP contribution in [0.2, 0.25) is 0 Å². The van der Waals surface area contributed by atoms with E-state index in [4.69, 9.17) is 10.7 Å². The Bertz CT molecular complexity index is 1050. The van der Waals surface area contributed by atoms with E-state index in [0.29, 0.717) is 6.04 Å². The molecule has 0 bridgehead atoms. The van der Waals surface area contributed by atoms with E-state index in [-0.39, 0.29) is 5.95 Å². The lowest BCUT2D eigenvalue weighted by atomic mass is 10.1. The van der Waals surface area contributed by atoms with Crippen LogP contribution < -0.4 is 5.73 Å². The standard InChI is InChI=1S/C19H16N6/c20-19-23-15(12-4-2-1-3-5-12)16-18(24-19)25(14-6-7-14)17(22-16)13-8-10-21-11-9-13/h1-5,8-11,14H,6-7H2,(H2,20,23,24). The SMILES string of the molecule is Nc1nc(-c2ccccc2)c2nc(-c3ccncc3)n(C3CC3)c2n1. The van der Waals surface area contributed by atoms with Gasteiger partial charge in [-0.15, -0.1) is 0 Å². The molecule has 3 aromatic heterocycles. The number of benzene rings is 1. The van der Waals surface area contributed by atoms with Crippen LogP contribution in [0.15, 0.2) is 54.9 Å². The number of nitrogens with two attached hydrogens (primary N) is 1. The molecule has 1 saturated carbocycles. The molecule has 2 N–H and O–H groups in total. The number of imidazole rings is 1. The van der Waals surface area contributed by atoms with E-state index < -0.39 is 0 Å². The van der Waals surface area contributed by atoms with Crippen LogP contribution in [-0.4, -0.2) is 24.5 Å². The van der Waals surface area contributed by atoms with Gasteiger partial charge in [0, 0.05) is 29.6 Å². The van der Waals surface area contributed by atoms with Crippen molar-refractivity contribution < 1.29 is 0 Å². The maximum atomic E-state index is 6.03. The molecule has 1 aromatic carbocycles. The fourth-order valence-corrected chi connectivity index (χ4v) is 3.17. The molecule has 6 heteroatoms. The zero-order chi connectivity index (χ0) is 16.8. The fraction of sp³-hybridized carbons (Fsp3) is 0.158. The Morgan fingerprint density at radius 1 is 0.880 bits per heavy atom. The number of nitrogens with zero attached hydrogens (tertiary/aromatic N) is 5. The van der Waals surface area contributed by atoms with Crippen LogP contribution in [0.1, 0.15) is 18.9 Å². The van der Waals surface area contributed by atoms with E-state index >= 15 is 0 Å². The smallest absolute Gasteiger partial charge is 0.222 e. The molecule has 25 heavy (non-hydrogen) atoms. The van der Waals surface area contributed by atoms with Crippen LogP contribution in [0.25, 0.3) is 33.8 Å². The summed E-state index contributed by atoms with van der Waals surface area (Å²) in [5.41, 5.74) is 10.4. The minimum atomic E-state index is 0.273. The van der Waals surface area contributed by atoms with Gasteiger partial charge >= 0.3 is 0 Å². The molecule has 0 amide bonds. The lowest BCUT2D eigenvalue weighted by Crippen LogP contribution is -2.02. The van der Waals surface area contributed by atoms with Crippen molar-refractivity contribution in [2.45, 2.75) is 18.9 Å². The molecule has 6 nitrogen and oxygen atoms in total. The van der Waals surface area contributed by atoms with E-state index in [1.165, 1.54) is 0 Å². The number of hydrogen-bond acceptors (Lipinski definition) is 5. The zero-order valence-corrected chi connectivity index (χ0v) is 13.5.